The van der Waals surface area contributed by atoms with Crippen molar-refractivity contribution in [3.63, 3.8) is 0 Å². The maximum absolute atomic E-state index is 11.2. The standard InChI is InChI=1S/C16H30N2O/c1-11(2)13-4-3-5-15(10-13)18-14-8-6-12(7-9-14)16(17)19/h11-15,18H,3-10H2,1-2H3,(H2,17,19). The summed E-state index contributed by atoms with van der Waals surface area (Å²) in [6.07, 6.45) is 9.65. The summed E-state index contributed by atoms with van der Waals surface area (Å²) < 4.78 is 0. The van der Waals surface area contributed by atoms with E-state index in [2.05, 4.69) is 19.2 Å². The molecule has 2 saturated carbocycles. The second kappa shape index (κ2) is 6.74. The lowest BCUT2D eigenvalue weighted by Crippen LogP contribution is -2.44. The fourth-order valence-electron chi connectivity index (χ4n) is 3.86. The lowest BCUT2D eigenvalue weighted by Gasteiger charge is -2.36. The third-order valence-corrected chi connectivity index (χ3v) is 5.26. The zero-order valence-corrected chi connectivity index (χ0v) is 12.5. The molecule has 1 amide bonds. The molecule has 3 nitrogen and oxygen atoms in total. The lowest BCUT2D eigenvalue weighted by atomic mass is 9.78. The Morgan fingerprint density at radius 1 is 1.05 bits per heavy atom. The lowest BCUT2D eigenvalue weighted by molar-refractivity contribution is -0.122. The van der Waals surface area contributed by atoms with Crippen molar-refractivity contribution in [1.29, 1.82) is 0 Å². The molecule has 0 heterocycles. The van der Waals surface area contributed by atoms with Crippen LogP contribution in [0.1, 0.15) is 65.2 Å². The van der Waals surface area contributed by atoms with Crippen molar-refractivity contribution >= 4 is 5.91 Å². The zero-order valence-electron chi connectivity index (χ0n) is 12.5. The van der Waals surface area contributed by atoms with E-state index in [4.69, 9.17) is 5.73 Å². The molecule has 2 fully saturated rings. The van der Waals surface area contributed by atoms with Gasteiger partial charge in [0.15, 0.2) is 0 Å². The fraction of sp³-hybridized carbons (Fsp3) is 0.938. The molecule has 0 aromatic carbocycles. The van der Waals surface area contributed by atoms with E-state index in [1.165, 1.54) is 25.7 Å². The van der Waals surface area contributed by atoms with Crippen LogP contribution in [-0.4, -0.2) is 18.0 Å². The number of hydrogen-bond donors (Lipinski definition) is 2. The number of hydrogen-bond acceptors (Lipinski definition) is 2. The van der Waals surface area contributed by atoms with Gasteiger partial charge in [-0.2, -0.15) is 0 Å². The Morgan fingerprint density at radius 3 is 2.32 bits per heavy atom. The van der Waals surface area contributed by atoms with Crippen LogP contribution in [-0.2, 0) is 4.79 Å². The van der Waals surface area contributed by atoms with Crippen LogP contribution in [0.25, 0.3) is 0 Å². The molecule has 0 bridgehead atoms. The summed E-state index contributed by atoms with van der Waals surface area (Å²) in [5.74, 6) is 1.74. The van der Waals surface area contributed by atoms with E-state index in [1.54, 1.807) is 0 Å². The van der Waals surface area contributed by atoms with Crippen molar-refractivity contribution in [2.24, 2.45) is 23.5 Å². The molecule has 0 saturated heterocycles. The SMILES string of the molecule is CC(C)C1CCCC(NC2CCC(C(N)=O)CC2)C1. The van der Waals surface area contributed by atoms with Crippen molar-refractivity contribution in [2.45, 2.75) is 77.3 Å². The Kier molecular flexibility index (Phi) is 5.26. The number of rotatable bonds is 4. The van der Waals surface area contributed by atoms with Gasteiger partial charge in [0.05, 0.1) is 0 Å². The van der Waals surface area contributed by atoms with E-state index < -0.39 is 0 Å². The Labute approximate surface area is 117 Å². The monoisotopic (exact) mass is 266 g/mol. The van der Waals surface area contributed by atoms with Crippen molar-refractivity contribution in [1.82, 2.24) is 5.32 Å². The molecule has 2 atom stereocenters. The van der Waals surface area contributed by atoms with Crippen LogP contribution in [0.5, 0.6) is 0 Å². The van der Waals surface area contributed by atoms with Crippen molar-refractivity contribution in [3.05, 3.63) is 0 Å². The Hall–Kier alpha value is -0.570. The topological polar surface area (TPSA) is 55.1 Å². The van der Waals surface area contributed by atoms with E-state index in [1.807, 2.05) is 0 Å². The van der Waals surface area contributed by atoms with Crippen LogP contribution in [0, 0.1) is 17.8 Å². The first-order chi connectivity index (χ1) is 9.06. The average molecular weight is 266 g/mol. The molecule has 2 rings (SSSR count). The summed E-state index contributed by atoms with van der Waals surface area (Å²) in [7, 11) is 0. The molecule has 0 aromatic rings. The molecular weight excluding hydrogens is 236 g/mol. The van der Waals surface area contributed by atoms with Gasteiger partial charge >= 0.3 is 0 Å². The van der Waals surface area contributed by atoms with E-state index in [-0.39, 0.29) is 11.8 Å². The van der Waals surface area contributed by atoms with Gasteiger partial charge in [-0.1, -0.05) is 26.7 Å². The zero-order chi connectivity index (χ0) is 13.8. The summed E-state index contributed by atoms with van der Waals surface area (Å²) in [6.45, 7) is 4.70. The van der Waals surface area contributed by atoms with Gasteiger partial charge in [0.2, 0.25) is 5.91 Å². The minimum atomic E-state index is -0.101. The molecule has 3 heteroatoms. The average Bonchev–Trinajstić information content (AvgIpc) is 2.39. The normalized spacial score (nSPS) is 36.4. The minimum Gasteiger partial charge on any atom is -0.369 e. The largest absolute Gasteiger partial charge is 0.369 e. The molecule has 2 aliphatic carbocycles. The van der Waals surface area contributed by atoms with Gasteiger partial charge in [0.1, 0.15) is 0 Å². The van der Waals surface area contributed by atoms with E-state index >= 15 is 0 Å². The van der Waals surface area contributed by atoms with Gasteiger partial charge < -0.3 is 11.1 Å². The third-order valence-electron chi connectivity index (χ3n) is 5.26. The number of nitrogens with one attached hydrogen (secondary N) is 1. The van der Waals surface area contributed by atoms with E-state index in [0.29, 0.717) is 12.1 Å². The van der Waals surface area contributed by atoms with Gasteiger partial charge in [0.25, 0.3) is 0 Å². The molecule has 19 heavy (non-hydrogen) atoms. The minimum absolute atomic E-state index is 0.101. The molecule has 3 N–H and O–H groups in total. The Balaban J connectivity index is 1.74. The summed E-state index contributed by atoms with van der Waals surface area (Å²) in [4.78, 5) is 11.2. The summed E-state index contributed by atoms with van der Waals surface area (Å²) in [6, 6.07) is 1.32. The fourth-order valence-corrected chi connectivity index (χ4v) is 3.86. The quantitative estimate of drug-likeness (QED) is 0.822. The Morgan fingerprint density at radius 2 is 1.74 bits per heavy atom. The first kappa shape index (κ1) is 14.8. The maximum atomic E-state index is 11.2. The van der Waals surface area contributed by atoms with Gasteiger partial charge in [-0.3, -0.25) is 4.79 Å². The molecule has 0 aromatic heterocycles. The summed E-state index contributed by atoms with van der Waals surface area (Å²) in [5, 5.41) is 3.85. The van der Waals surface area contributed by atoms with E-state index in [9.17, 15) is 4.79 Å². The van der Waals surface area contributed by atoms with Crippen LogP contribution in [0.2, 0.25) is 0 Å². The van der Waals surface area contributed by atoms with E-state index in [0.717, 1.165) is 37.5 Å². The van der Waals surface area contributed by atoms with Crippen molar-refractivity contribution in [2.75, 3.05) is 0 Å². The molecular formula is C16H30N2O. The molecule has 110 valence electrons. The molecule has 0 spiro atoms. The highest BCUT2D eigenvalue weighted by Gasteiger charge is 2.29. The first-order valence-corrected chi connectivity index (χ1v) is 8.11. The molecule has 0 aliphatic heterocycles. The number of carbonyl (C=O) groups is 1. The highest BCUT2D eigenvalue weighted by atomic mass is 16.1. The number of amides is 1. The predicted molar refractivity (Wildman–Crippen MR) is 78.7 cm³/mol. The Bertz CT molecular complexity index is 295. The number of nitrogens with two attached hydrogens (primary N) is 1. The summed E-state index contributed by atoms with van der Waals surface area (Å²) >= 11 is 0. The first-order valence-electron chi connectivity index (χ1n) is 8.11. The third kappa shape index (κ3) is 4.20. The van der Waals surface area contributed by atoms with Crippen LogP contribution in [0.4, 0.5) is 0 Å². The summed E-state index contributed by atoms with van der Waals surface area (Å²) in [5.41, 5.74) is 5.39. The van der Waals surface area contributed by atoms with Gasteiger partial charge in [0, 0.05) is 18.0 Å². The number of carbonyl (C=O) groups excluding carboxylic acids is 1. The second-order valence-electron chi connectivity index (χ2n) is 6.99. The van der Waals surface area contributed by atoms with Crippen molar-refractivity contribution in [3.8, 4) is 0 Å². The molecule has 0 radical (unpaired) electrons. The smallest absolute Gasteiger partial charge is 0.220 e. The van der Waals surface area contributed by atoms with Crippen LogP contribution in [0.3, 0.4) is 0 Å². The predicted octanol–water partition coefficient (Wildman–Crippen LogP) is 2.83. The molecule has 2 aliphatic rings. The second-order valence-corrected chi connectivity index (χ2v) is 6.99. The maximum Gasteiger partial charge on any atom is 0.220 e. The number of primary amides is 1. The van der Waals surface area contributed by atoms with Crippen LogP contribution < -0.4 is 11.1 Å². The van der Waals surface area contributed by atoms with Crippen LogP contribution in [0.15, 0.2) is 0 Å². The van der Waals surface area contributed by atoms with Crippen molar-refractivity contribution < 1.29 is 4.79 Å². The van der Waals surface area contributed by atoms with Gasteiger partial charge in [-0.25, -0.2) is 0 Å². The van der Waals surface area contributed by atoms with Crippen LogP contribution >= 0.6 is 0 Å². The van der Waals surface area contributed by atoms with Gasteiger partial charge in [-0.15, -0.1) is 0 Å². The highest BCUT2D eigenvalue weighted by molar-refractivity contribution is 5.76. The highest BCUT2D eigenvalue weighted by Crippen LogP contribution is 2.31. The molecule has 2 unspecified atom stereocenters. The van der Waals surface area contributed by atoms with Gasteiger partial charge in [-0.05, 0) is 50.4 Å².